The van der Waals surface area contributed by atoms with Gasteiger partial charge in [0, 0.05) is 38.6 Å². The van der Waals surface area contributed by atoms with E-state index in [2.05, 4.69) is 121 Å². The zero-order valence-corrected chi connectivity index (χ0v) is 33.1. The standard InChI is InChI=1S/C55H37N5O/c1-4-14-36(15-5-1)37-26-28-40(29-27-37)54-58-53(39-18-8-3-9-19-39)59-55(60-54)45-23-13-21-42(33-45)41-20-12-22-43(32-41)48-35-49(57-52(56-48)38-16-6-2-7-17-38)44-30-31-47-46-24-10-11-25-50(46)61-51(47)34-44/h1-26,28,30-35H,27,29H2. The second-order valence-corrected chi connectivity index (χ2v) is 15.2. The second kappa shape index (κ2) is 15.6. The fraction of sp³-hybridized carbons (Fsp3) is 0.0364. The number of hydrogen-bond acceptors (Lipinski definition) is 6. The number of aromatic nitrogens is 5. The van der Waals surface area contributed by atoms with Crippen LogP contribution in [0.15, 0.2) is 205 Å². The number of rotatable bonds is 8. The fourth-order valence-corrected chi connectivity index (χ4v) is 8.12. The van der Waals surface area contributed by atoms with Gasteiger partial charge in [0.15, 0.2) is 23.3 Å². The Kier molecular flexibility index (Phi) is 9.20. The van der Waals surface area contributed by atoms with Crippen LogP contribution in [-0.4, -0.2) is 24.9 Å². The Balaban J connectivity index is 0.973. The van der Waals surface area contributed by atoms with Crippen molar-refractivity contribution in [2.75, 3.05) is 0 Å². The summed E-state index contributed by atoms with van der Waals surface area (Å²) >= 11 is 0. The first-order chi connectivity index (χ1) is 30.2. The van der Waals surface area contributed by atoms with Crippen molar-refractivity contribution in [3.05, 3.63) is 212 Å². The van der Waals surface area contributed by atoms with Gasteiger partial charge < -0.3 is 4.42 Å². The van der Waals surface area contributed by atoms with Crippen molar-refractivity contribution < 1.29 is 4.42 Å². The summed E-state index contributed by atoms with van der Waals surface area (Å²) in [5.41, 5.74) is 13.8. The predicted octanol–water partition coefficient (Wildman–Crippen LogP) is 13.8. The Morgan fingerprint density at radius 1 is 0.295 bits per heavy atom. The summed E-state index contributed by atoms with van der Waals surface area (Å²) in [7, 11) is 0. The molecule has 3 heterocycles. The smallest absolute Gasteiger partial charge is 0.164 e. The molecule has 1 aliphatic rings. The Morgan fingerprint density at radius 2 is 0.770 bits per heavy atom. The van der Waals surface area contributed by atoms with Crippen LogP contribution in [0.4, 0.5) is 0 Å². The molecule has 288 valence electrons. The lowest BCUT2D eigenvalue weighted by Crippen LogP contribution is -2.04. The molecule has 0 fully saturated rings. The largest absolute Gasteiger partial charge is 0.456 e. The van der Waals surface area contributed by atoms with Crippen LogP contribution in [0.2, 0.25) is 0 Å². The molecule has 3 aromatic heterocycles. The van der Waals surface area contributed by atoms with Gasteiger partial charge >= 0.3 is 0 Å². The van der Waals surface area contributed by atoms with E-state index in [1.54, 1.807) is 0 Å². The summed E-state index contributed by atoms with van der Waals surface area (Å²) in [5, 5.41) is 2.18. The first-order valence-corrected chi connectivity index (χ1v) is 20.5. The lowest BCUT2D eigenvalue weighted by molar-refractivity contribution is 0.669. The quantitative estimate of drug-likeness (QED) is 0.153. The lowest BCUT2D eigenvalue weighted by Gasteiger charge is -2.16. The van der Waals surface area contributed by atoms with E-state index in [0.717, 1.165) is 90.7 Å². The molecule has 0 unspecified atom stereocenters. The Bertz CT molecular complexity index is 3300. The van der Waals surface area contributed by atoms with Crippen LogP contribution in [0.3, 0.4) is 0 Å². The number of benzene rings is 7. The molecule has 1 aliphatic carbocycles. The molecule has 0 saturated heterocycles. The van der Waals surface area contributed by atoms with Gasteiger partial charge in [-0.25, -0.2) is 24.9 Å². The zero-order chi connectivity index (χ0) is 40.5. The highest BCUT2D eigenvalue weighted by atomic mass is 16.3. The van der Waals surface area contributed by atoms with Crippen LogP contribution >= 0.6 is 0 Å². The topological polar surface area (TPSA) is 77.6 Å². The van der Waals surface area contributed by atoms with Crippen molar-refractivity contribution in [3.63, 3.8) is 0 Å². The number of hydrogen-bond donors (Lipinski definition) is 0. The average Bonchev–Trinajstić information content (AvgIpc) is 3.73. The van der Waals surface area contributed by atoms with Gasteiger partial charge in [0.1, 0.15) is 11.2 Å². The molecular formula is C55H37N5O. The summed E-state index contributed by atoms with van der Waals surface area (Å²) in [6, 6.07) is 64.3. The van der Waals surface area contributed by atoms with Crippen LogP contribution in [0.25, 0.3) is 101 Å². The normalized spacial score (nSPS) is 12.7. The summed E-state index contributed by atoms with van der Waals surface area (Å²) in [5.74, 6) is 2.65. The van der Waals surface area contributed by atoms with E-state index in [0.29, 0.717) is 23.3 Å². The van der Waals surface area contributed by atoms with Crippen molar-refractivity contribution in [2.45, 2.75) is 12.8 Å². The van der Waals surface area contributed by atoms with Crippen LogP contribution in [-0.2, 0) is 0 Å². The van der Waals surface area contributed by atoms with Crippen molar-refractivity contribution in [3.8, 4) is 67.8 Å². The van der Waals surface area contributed by atoms with Gasteiger partial charge in [0.2, 0.25) is 0 Å². The van der Waals surface area contributed by atoms with Crippen LogP contribution in [0.1, 0.15) is 24.2 Å². The Labute approximate surface area is 353 Å². The third-order valence-corrected chi connectivity index (χ3v) is 11.3. The van der Waals surface area contributed by atoms with Crippen molar-refractivity contribution in [2.24, 2.45) is 0 Å². The maximum absolute atomic E-state index is 6.28. The van der Waals surface area contributed by atoms with E-state index >= 15 is 0 Å². The number of para-hydroxylation sites is 1. The van der Waals surface area contributed by atoms with Gasteiger partial charge in [-0.1, -0.05) is 164 Å². The maximum atomic E-state index is 6.28. The highest BCUT2D eigenvalue weighted by molar-refractivity contribution is 6.05. The third-order valence-electron chi connectivity index (χ3n) is 11.3. The molecule has 0 aliphatic heterocycles. The van der Waals surface area contributed by atoms with Crippen molar-refractivity contribution in [1.82, 2.24) is 24.9 Å². The van der Waals surface area contributed by atoms with E-state index < -0.39 is 0 Å². The molecule has 7 aromatic carbocycles. The van der Waals surface area contributed by atoms with Gasteiger partial charge in [-0.3, -0.25) is 0 Å². The van der Waals surface area contributed by atoms with E-state index in [-0.39, 0.29) is 0 Å². The number of nitrogens with zero attached hydrogens (tertiary/aromatic N) is 5. The van der Waals surface area contributed by atoms with Crippen LogP contribution in [0.5, 0.6) is 0 Å². The molecule has 0 radical (unpaired) electrons. The monoisotopic (exact) mass is 783 g/mol. The van der Waals surface area contributed by atoms with Gasteiger partial charge in [-0.05, 0) is 77.1 Å². The molecule has 0 saturated carbocycles. The fourth-order valence-electron chi connectivity index (χ4n) is 8.12. The van der Waals surface area contributed by atoms with Gasteiger partial charge in [0.25, 0.3) is 0 Å². The highest BCUT2D eigenvalue weighted by Gasteiger charge is 2.18. The number of allylic oxidation sites excluding steroid dienone is 4. The molecule has 0 spiro atoms. The summed E-state index contributed by atoms with van der Waals surface area (Å²) < 4.78 is 6.28. The van der Waals surface area contributed by atoms with E-state index in [1.165, 1.54) is 11.1 Å². The number of fused-ring (bicyclic) bond motifs is 3. The molecule has 6 heteroatoms. The molecule has 0 bridgehead atoms. The molecule has 10 aromatic rings. The SMILES string of the molecule is C1=C(c2ccccc2)CCC(c2nc(-c3ccccc3)nc(-c3cccc(-c4cccc(-c5cc(-c6ccc7c(c6)oc6ccccc67)nc(-c6ccccc6)n5)c4)c3)n2)=C1. The van der Waals surface area contributed by atoms with Crippen LogP contribution < -0.4 is 0 Å². The second-order valence-electron chi connectivity index (χ2n) is 15.2. The maximum Gasteiger partial charge on any atom is 0.164 e. The molecular weight excluding hydrogens is 747 g/mol. The first kappa shape index (κ1) is 36.0. The van der Waals surface area contributed by atoms with Gasteiger partial charge in [-0.2, -0.15) is 0 Å². The van der Waals surface area contributed by atoms with E-state index in [1.807, 2.05) is 78.9 Å². The van der Waals surface area contributed by atoms with E-state index in [4.69, 9.17) is 29.3 Å². The minimum atomic E-state index is 0.634. The Hall–Kier alpha value is -8.09. The van der Waals surface area contributed by atoms with Gasteiger partial charge in [-0.15, -0.1) is 0 Å². The molecule has 6 nitrogen and oxygen atoms in total. The summed E-state index contributed by atoms with van der Waals surface area (Å²) in [4.78, 5) is 25.4. The van der Waals surface area contributed by atoms with Gasteiger partial charge in [0.05, 0.1) is 11.4 Å². The van der Waals surface area contributed by atoms with E-state index in [9.17, 15) is 0 Å². The zero-order valence-electron chi connectivity index (χ0n) is 33.1. The third kappa shape index (κ3) is 7.21. The first-order valence-electron chi connectivity index (χ1n) is 20.5. The number of furan rings is 1. The summed E-state index contributed by atoms with van der Waals surface area (Å²) in [6.45, 7) is 0. The Morgan fingerprint density at radius 3 is 1.44 bits per heavy atom. The summed E-state index contributed by atoms with van der Waals surface area (Å²) in [6.07, 6.45) is 6.13. The molecule has 0 atom stereocenters. The van der Waals surface area contributed by atoms with Crippen LogP contribution in [0, 0.1) is 0 Å². The van der Waals surface area contributed by atoms with Crippen molar-refractivity contribution in [1.29, 1.82) is 0 Å². The molecule has 11 rings (SSSR count). The average molecular weight is 784 g/mol. The minimum absolute atomic E-state index is 0.634. The minimum Gasteiger partial charge on any atom is -0.456 e. The van der Waals surface area contributed by atoms with Crippen molar-refractivity contribution >= 4 is 33.1 Å². The molecule has 0 N–H and O–H groups in total. The molecule has 0 amide bonds. The predicted molar refractivity (Wildman–Crippen MR) is 247 cm³/mol. The lowest BCUT2D eigenvalue weighted by atomic mass is 9.93. The highest BCUT2D eigenvalue weighted by Crippen LogP contribution is 2.36. The molecule has 61 heavy (non-hydrogen) atoms.